The SMILES string of the molecule is CCc1ccc(C(=O)N2C3CCC2CC(NC(=O)c2ccc(F)cc2)C3)cc1. The molecule has 0 saturated carbocycles. The maximum Gasteiger partial charge on any atom is 0.254 e. The van der Waals surface area contributed by atoms with Gasteiger partial charge in [0.2, 0.25) is 0 Å². The topological polar surface area (TPSA) is 49.4 Å². The van der Waals surface area contributed by atoms with E-state index in [0.29, 0.717) is 5.56 Å². The molecule has 0 aliphatic carbocycles. The molecule has 2 fully saturated rings. The van der Waals surface area contributed by atoms with Crippen molar-refractivity contribution in [3.8, 4) is 0 Å². The lowest BCUT2D eigenvalue weighted by Gasteiger charge is -2.39. The number of nitrogens with zero attached hydrogens (tertiary/aromatic N) is 1. The Hall–Kier alpha value is -2.69. The monoisotopic (exact) mass is 380 g/mol. The minimum atomic E-state index is -0.353. The van der Waals surface area contributed by atoms with E-state index in [-0.39, 0.29) is 35.8 Å². The quantitative estimate of drug-likeness (QED) is 0.873. The van der Waals surface area contributed by atoms with Crippen molar-refractivity contribution < 1.29 is 14.0 Å². The van der Waals surface area contributed by atoms with Crippen molar-refractivity contribution >= 4 is 11.8 Å². The van der Waals surface area contributed by atoms with E-state index >= 15 is 0 Å². The molecule has 2 atom stereocenters. The van der Waals surface area contributed by atoms with Crippen molar-refractivity contribution in [2.45, 2.75) is 57.2 Å². The number of nitrogens with one attached hydrogen (secondary N) is 1. The van der Waals surface area contributed by atoms with Crippen LogP contribution in [0.4, 0.5) is 4.39 Å². The van der Waals surface area contributed by atoms with Crippen LogP contribution in [-0.2, 0) is 6.42 Å². The molecule has 2 amide bonds. The van der Waals surface area contributed by atoms with Crippen LogP contribution >= 0.6 is 0 Å². The molecule has 0 spiro atoms. The Morgan fingerprint density at radius 2 is 1.54 bits per heavy atom. The zero-order valence-corrected chi connectivity index (χ0v) is 16.0. The Balaban J connectivity index is 1.41. The number of aryl methyl sites for hydroxylation is 1. The molecule has 4 nitrogen and oxygen atoms in total. The lowest BCUT2D eigenvalue weighted by molar-refractivity contribution is 0.0549. The molecule has 2 aliphatic heterocycles. The predicted octanol–water partition coefficient (Wildman–Crippen LogP) is 3.95. The van der Waals surface area contributed by atoms with Crippen molar-refractivity contribution in [2.24, 2.45) is 0 Å². The van der Waals surface area contributed by atoms with Crippen LogP contribution < -0.4 is 5.32 Å². The second kappa shape index (κ2) is 7.74. The summed E-state index contributed by atoms with van der Waals surface area (Å²) in [5.41, 5.74) is 2.42. The van der Waals surface area contributed by atoms with E-state index in [2.05, 4.69) is 12.2 Å². The number of halogens is 1. The average Bonchev–Trinajstić information content (AvgIpc) is 2.98. The minimum Gasteiger partial charge on any atom is -0.349 e. The van der Waals surface area contributed by atoms with Crippen LogP contribution in [0, 0.1) is 5.82 Å². The van der Waals surface area contributed by atoms with Gasteiger partial charge in [-0.05, 0) is 74.1 Å². The molecule has 5 heteroatoms. The van der Waals surface area contributed by atoms with Crippen LogP contribution in [0.3, 0.4) is 0 Å². The molecule has 1 N–H and O–H groups in total. The number of benzene rings is 2. The molecular formula is C23H25FN2O2. The molecule has 2 aromatic rings. The highest BCUT2D eigenvalue weighted by Crippen LogP contribution is 2.37. The van der Waals surface area contributed by atoms with Crippen molar-refractivity contribution in [2.75, 3.05) is 0 Å². The van der Waals surface area contributed by atoms with Crippen molar-refractivity contribution in [1.29, 1.82) is 0 Å². The molecule has 2 aromatic carbocycles. The zero-order chi connectivity index (χ0) is 19.7. The summed E-state index contributed by atoms with van der Waals surface area (Å²) in [6.45, 7) is 2.10. The fourth-order valence-corrected chi connectivity index (χ4v) is 4.53. The Bertz CT molecular complexity index is 849. The van der Waals surface area contributed by atoms with Gasteiger partial charge in [-0.3, -0.25) is 9.59 Å². The highest BCUT2D eigenvalue weighted by atomic mass is 19.1. The molecule has 0 aromatic heterocycles. The summed E-state index contributed by atoms with van der Waals surface area (Å²) in [7, 11) is 0. The van der Waals surface area contributed by atoms with Crippen LogP contribution in [-0.4, -0.2) is 34.8 Å². The molecule has 2 heterocycles. The second-order valence-corrected chi connectivity index (χ2v) is 7.80. The number of amides is 2. The lowest BCUT2D eigenvalue weighted by Crippen LogP contribution is -2.52. The van der Waals surface area contributed by atoms with E-state index in [4.69, 9.17) is 0 Å². The molecule has 2 bridgehead atoms. The average molecular weight is 380 g/mol. The van der Waals surface area contributed by atoms with Gasteiger partial charge in [0.25, 0.3) is 11.8 Å². The van der Waals surface area contributed by atoms with Crippen LogP contribution in [0.5, 0.6) is 0 Å². The third kappa shape index (κ3) is 3.66. The summed E-state index contributed by atoms with van der Waals surface area (Å²) in [6.07, 6.45) is 4.45. The van der Waals surface area contributed by atoms with Crippen molar-refractivity contribution in [3.63, 3.8) is 0 Å². The molecule has 2 aliphatic rings. The first kappa shape index (κ1) is 18.7. The van der Waals surface area contributed by atoms with Gasteiger partial charge in [0.1, 0.15) is 5.82 Å². The highest BCUT2D eigenvalue weighted by molar-refractivity contribution is 5.95. The van der Waals surface area contributed by atoms with Gasteiger partial charge in [0.05, 0.1) is 0 Å². The third-order valence-corrected chi connectivity index (χ3v) is 6.02. The predicted molar refractivity (Wildman–Crippen MR) is 106 cm³/mol. The number of hydrogen-bond acceptors (Lipinski definition) is 2. The molecule has 2 saturated heterocycles. The number of fused-ring (bicyclic) bond motifs is 2. The standard InChI is InChI=1S/C23H25FN2O2/c1-2-15-3-5-17(6-4-15)23(28)26-20-11-12-21(26)14-19(13-20)25-22(27)16-7-9-18(24)10-8-16/h3-10,19-21H,2,11-14H2,1H3,(H,25,27). The maximum atomic E-state index is 13.1. The Morgan fingerprint density at radius 3 is 2.11 bits per heavy atom. The summed E-state index contributed by atoms with van der Waals surface area (Å²) in [5.74, 6) is -0.439. The summed E-state index contributed by atoms with van der Waals surface area (Å²) in [6, 6.07) is 13.8. The van der Waals surface area contributed by atoms with Crippen LogP contribution in [0.15, 0.2) is 48.5 Å². The van der Waals surface area contributed by atoms with Gasteiger partial charge in [0, 0.05) is 29.3 Å². The first-order chi connectivity index (χ1) is 13.5. The fourth-order valence-electron chi connectivity index (χ4n) is 4.53. The third-order valence-electron chi connectivity index (χ3n) is 6.02. The molecule has 2 unspecified atom stereocenters. The van der Waals surface area contributed by atoms with E-state index in [0.717, 1.165) is 37.7 Å². The minimum absolute atomic E-state index is 0.0431. The molecule has 28 heavy (non-hydrogen) atoms. The maximum absolute atomic E-state index is 13.1. The van der Waals surface area contributed by atoms with E-state index in [9.17, 15) is 14.0 Å². The van der Waals surface area contributed by atoms with Gasteiger partial charge in [-0.2, -0.15) is 0 Å². The number of piperidine rings is 1. The number of carbonyl (C=O) groups is 2. The molecule has 0 radical (unpaired) electrons. The van der Waals surface area contributed by atoms with Crippen molar-refractivity contribution in [1.82, 2.24) is 10.2 Å². The van der Waals surface area contributed by atoms with E-state index in [1.54, 1.807) is 0 Å². The second-order valence-electron chi connectivity index (χ2n) is 7.80. The van der Waals surface area contributed by atoms with E-state index < -0.39 is 0 Å². The van der Waals surface area contributed by atoms with E-state index in [1.165, 1.54) is 29.8 Å². The smallest absolute Gasteiger partial charge is 0.254 e. The van der Waals surface area contributed by atoms with Crippen LogP contribution in [0.2, 0.25) is 0 Å². The normalized spacial score (nSPS) is 23.5. The first-order valence-electron chi connectivity index (χ1n) is 10.0. The largest absolute Gasteiger partial charge is 0.349 e. The summed E-state index contributed by atoms with van der Waals surface area (Å²) >= 11 is 0. The van der Waals surface area contributed by atoms with Gasteiger partial charge < -0.3 is 10.2 Å². The highest BCUT2D eigenvalue weighted by Gasteiger charge is 2.43. The first-order valence-corrected chi connectivity index (χ1v) is 10.0. The Labute approximate surface area is 164 Å². The van der Waals surface area contributed by atoms with Crippen molar-refractivity contribution in [3.05, 3.63) is 71.0 Å². The van der Waals surface area contributed by atoms with E-state index in [1.807, 2.05) is 29.2 Å². The summed E-state index contributed by atoms with van der Waals surface area (Å²) in [4.78, 5) is 27.5. The van der Waals surface area contributed by atoms with Gasteiger partial charge in [-0.1, -0.05) is 19.1 Å². The van der Waals surface area contributed by atoms with Gasteiger partial charge >= 0.3 is 0 Å². The molecule has 4 rings (SSSR count). The van der Waals surface area contributed by atoms with Gasteiger partial charge in [0.15, 0.2) is 0 Å². The van der Waals surface area contributed by atoms with Crippen LogP contribution in [0.1, 0.15) is 58.9 Å². The summed E-state index contributed by atoms with van der Waals surface area (Å²) in [5, 5.41) is 3.07. The van der Waals surface area contributed by atoms with Gasteiger partial charge in [-0.15, -0.1) is 0 Å². The van der Waals surface area contributed by atoms with Crippen LogP contribution in [0.25, 0.3) is 0 Å². The molecule has 146 valence electrons. The Morgan fingerprint density at radius 1 is 0.964 bits per heavy atom. The lowest BCUT2D eigenvalue weighted by atomic mass is 9.95. The zero-order valence-electron chi connectivity index (χ0n) is 16.0. The van der Waals surface area contributed by atoms with Gasteiger partial charge in [-0.25, -0.2) is 4.39 Å². The fraction of sp³-hybridized carbons (Fsp3) is 0.391. The summed E-state index contributed by atoms with van der Waals surface area (Å²) < 4.78 is 13.1. The molecular weight excluding hydrogens is 355 g/mol. The number of hydrogen-bond donors (Lipinski definition) is 1. The number of rotatable bonds is 4. The Kier molecular flexibility index (Phi) is 5.16. The number of carbonyl (C=O) groups excluding carboxylic acids is 2.